The van der Waals surface area contributed by atoms with Crippen LogP contribution in [0.15, 0.2) is 22.4 Å². The Balaban J connectivity index is 2.48. The summed E-state index contributed by atoms with van der Waals surface area (Å²) in [6.45, 7) is 5.34. The molecule has 110 valence electrons. The molecule has 2 N–H and O–H groups in total. The summed E-state index contributed by atoms with van der Waals surface area (Å²) < 4.78 is 30.3. The Kier molecular flexibility index (Phi) is 3.58. The number of hydrogen-bond acceptors (Lipinski definition) is 5. The monoisotopic (exact) mass is 298 g/mol. The average molecular weight is 298 g/mol. The Hall–Kier alpha value is -1.50. The lowest BCUT2D eigenvalue weighted by Gasteiger charge is -2.26. The summed E-state index contributed by atoms with van der Waals surface area (Å²) in [4.78, 5) is 12.5. The van der Waals surface area contributed by atoms with Crippen LogP contribution in [-0.4, -0.2) is 27.8 Å². The first kappa shape index (κ1) is 14.9. The fourth-order valence-corrected chi connectivity index (χ4v) is 3.18. The van der Waals surface area contributed by atoms with E-state index in [0.717, 1.165) is 0 Å². The van der Waals surface area contributed by atoms with Crippen LogP contribution in [0.2, 0.25) is 0 Å². The zero-order valence-electron chi connectivity index (χ0n) is 11.8. The highest BCUT2D eigenvalue weighted by atomic mass is 32.3. The summed E-state index contributed by atoms with van der Waals surface area (Å²) in [5, 5.41) is 1.32. The van der Waals surface area contributed by atoms with E-state index in [9.17, 15) is 13.9 Å². The molecule has 6 heteroatoms. The van der Waals surface area contributed by atoms with E-state index in [-0.39, 0.29) is 5.56 Å². The topological polar surface area (TPSA) is 76.0 Å². The Morgan fingerprint density at radius 3 is 2.45 bits per heavy atom. The van der Waals surface area contributed by atoms with Crippen LogP contribution in [0, 0.1) is 0 Å². The molecule has 5 nitrogen and oxygen atoms in total. The van der Waals surface area contributed by atoms with Crippen molar-refractivity contribution in [2.75, 3.05) is 7.11 Å². The van der Waals surface area contributed by atoms with Crippen LogP contribution < -0.4 is 4.74 Å². The largest absolute Gasteiger partial charge is 0.495 e. The number of hydrogen-bond donors (Lipinski definition) is 2. The summed E-state index contributed by atoms with van der Waals surface area (Å²) in [5.74, 6) is -0.209. The number of carbonyl (C=O) groups is 1. The number of fused-ring (bicyclic) bond motifs is 1. The number of methoxy groups -OCH3 is 1. The van der Waals surface area contributed by atoms with E-state index in [2.05, 4.69) is 0 Å². The molecule has 0 amide bonds. The second-order valence-electron chi connectivity index (χ2n) is 5.46. The molecule has 1 aromatic carbocycles. The van der Waals surface area contributed by atoms with Crippen LogP contribution in [0.4, 0.5) is 0 Å². The number of ether oxygens (including phenoxy) is 2. The van der Waals surface area contributed by atoms with Crippen molar-refractivity contribution in [1.82, 2.24) is 0 Å². The van der Waals surface area contributed by atoms with Gasteiger partial charge in [-0.15, -0.1) is 10.6 Å². The minimum Gasteiger partial charge on any atom is -0.495 e. The fourth-order valence-electron chi connectivity index (χ4n) is 1.95. The predicted octanol–water partition coefficient (Wildman–Crippen LogP) is 3.74. The molecule has 0 fully saturated rings. The number of carbonyl (C=O) groups excluding carboxylic acids is 1. The molecule has 1 aliphatic rings. The highest BCUT2D eigenvalue weighted by molar-refractivity contribution is 8.27. The first-order chi connectivity index (χ1) is 9.15. The van der Waals surface area contributed by atoms with Crippen LogP contribution in [0.25, 0.3) is 6.08 Å². The maximum absolute atomic E-state index is 12.2. The molecule has 0 atom stereocenters. The maximum Gasteiger partial charge on any atom is 0.342 e. The van der Waals surface area contributed by atoms with E-state index < -0.39 is 22.2 Å². The molecule has 0 spiro atoms. The van der Waals surface area contributed by atoms with Gasteiger partial charge in [-0.2, -0.15) is 0 Å². The van der Waals surface area contributed by atoms with Gasteiger partial charge >= 0.3 is 5.97 Å². The summed E-state index contributed by atoms with van der Waals surface area (Å²) in [6.07, 6.45) is 1.55. The first-order valence-electron chi connectivity index (χ1n) is 6.06. The van der Waals surface area contributed by atoms with Gasteiger partial charge in [0.1, 0.15) is 16.9 Å². The van der Waals surface area contributed by atoms with Crippen molar-refractivity contribution in [3.8, 4) is 5.75 Å². The van der Waals surface area contributed by atoms with E-state index in [4.69, 9.17) is 9.47 Å². The molecule has 1 aliphatic heterocycles. The van der Waals surface area contributed by atoms with Crippen LogP contribution in [-0.2, 0) is 4.74 Å². The molecule has 0 radical (unpaired) electrons. The van der Waals surface area contributed by atoms with Crippen molar-refractivity contribution in [2.24, 2.45) is 0 Å². The molecule has 0 saturated carbocycles. The van der Waals surface area contributed by atoms with Gasteiger partial charge in [0.2, 0.25) is 0 Å². The van der Waals surface area contributed by atoms with E-state index in [1.165, 1.54) is 24.7 Å². The Labute approximate surface area is 119 Å². The van der Waals surface area contributed by atoms with Crippen LogP contribution in [0.5, 0.6) is 5.75 Å². The standard InChI is InChI=1S/C14H18O5S/c1-14(2,3)19-13(15)10-5-6-11-9(12(10)18-4)7-8-20(11,16)17/h5-8,16-17H,1-4H3. The fraction of sp³-hybridized carbons (Fsp3) is 0.357. The van der Waals surface area contributed by atoms with Crippen LogP contribution >= 0.6 is 10.6 Å². The molecule has 2 rings (SSSR count). The highest BCUT2D eigenvalue weighted by Crippen LogP contribution is 2.58. The van der Waals surface area contributed by atoms with Gasteiger partial charge in [-0.3, -0.25) is 9.11 Å². The Bertz CT molecular complexity index is 584. The average Bonchev–Trinajstić information content (AvgIpc) is 2.62. The van der Waals surface area contributed by atoms with E-state index in [0.29, 0.717) is 16.2 Å². The van der Waals surface area contributed by atoms with Crippen molar-refractivity contribution in [1.29, 1.82) is 0 Å². The molecule has 1 aromatic rings. The minimum atomic E-state index is -2.93. The van der Waals surface area contributed by atoms with Crippen LogP contribution in [0.1, 0.15) is 36.7 Å². The number of rotatable bonds is 2. The SMILES string of the molecule is COc1c(C(=O)OC(C)(C)C)ccc2c1C=CS2(O)O. The van der Waals surface area contributed by atoms with Gasteiger partial charge in [-0.05, 0) is 39.0 Å². The molecule has 0 bridgehead atoms. The van der Waals surface area contributed by atoms with Crippen molar-refractivity contribution >= 4 is 22.6 Å². The molecule has 0 aromatic heterocycles. The lowest BCUT2D eigenvalue weighted by atomic mass is 10.1. The van der Waals surface area contributed by atoms with Crippen LogP contribution in [0.3, 0.4) is 0 Å². The lowest BCUT2D eigenvalue weighted by molar-refractivity contribution is 0.00663. The highest BCUT2D eigenvalue weighted by Gasteiger charge is 2.29. The molecule has 0 saturated heterocycles. The van der Waals surface area contributed by atoms with Gasteiger partial charge < -0.3 is 9.47 Å². The van der Waals surface area contributed by atoms with Crippen molar-refractivity contribution < 1.29 is 23.4 Å². The molecular formula is C14H18O5S. The van der Waals surface area contributed by atoms with Crippen molar-refractivity contribution in [2.45, 2.75) is 31.3 Å². The zero-order valence-corrected chi connectivity index (χ0v) is 12.7. The van der Waals surface area contributed by atoms with Gasteiger partial charge in [-0.1, -0.05) is 0 Å². The molecule has 1 heterocycles. The maximum atomic E-state index is 12.2. The van der Waals surface area contributed by atoms with Gasteiger partial charge in [-0.25, -0.2) is 4.79 Å². The molecule has 20 heavy (non-hydrogen) atoms. The van der Waals surface area contributed by atoms with E-state index in [1.807, 2.05) is 0 Å². The smallest absolute Gasteiger partial charge is 0.342 e. The molecule has 0 unspecified atom stereocenters. The summed E-state index contributed by atoms with van der Waals surface area (Å²) in [6, 6.07) is 3.01. The molecular weight excluding hydrogens is 280 g/mol. The summed E-state index contributed by atoms with van der Waals surface area (Å²) >= 11 is 0. The Morgan fingerprint density at radius 2 is 1.90 bits per heavy atom. The minimum absolute atomic E-state index is 0.267. The normalized spacial score (nSPS) is 17.5. The van der Waals surface area contributed by atoms with Crippen molar-refractivity contribution in [3.63, 3.8) is 0 Å². The second-order valence-corrected chi connectivity index (χ2v) is 7.35. The predicted molar refractivity (Wildman–Crippen MR) is 78.3 cm³/mol. The van der Waals surface area contributed by atoms with Crippen molar-refractivity contribution in [3.05, 3.63) is 28.7 Å². The van der Waals surface area contributed by atoms with E-state index in [1.54, 1.807) is 26.8 Å². The number of esters is 1. The second kappa shape index (κ2) is 4.80. The van der Waals surface area contributed by atoms with Gasteiger partial charge in [0.05, 0.1) is 12.0 Å². The zero-order chi connectivity index (χ0) is 15.1. The molecule has 0 aliphatic carbocycles. The third kappa shape index (κ3) is 2.67. The Morgan fingerprint density at radius 1 is 1.25 bits per heavy atom. The first-order valence-corrected chi connectivity index (χ1v) is 7.67. The summed E-state index contributed by atoms with van der Waals surface area (Å²) in [5.41, 5.74) is 0.165. The quantitative estimate of drug-likeness (QED) is 0.813. The summed E-state index contributed by atoms with van der Waals surface area (Å²) in [7, 11) is -1.50. The number of benzene rings is 1. The third-order valence-electron chi connectivity index (χ3n) is 2.73. The van der Waals surface area contributed by atoms with E-state index >= 15 is 0 Å². The van der Waals surface area contributed by atoms with Gasteiger partial charge in [0, 0.05) is 11.0 Å². The van der Waals surface area contributed by atoms with Gasteiger partial charge in [0.25, 0.3) is 0 Å². The lowest BCUT2D eigenvalue weighted by Crippen LogP contribution is -2.24. The van der Waals surface area contributed by atoms with Gasteiger partial charge in [0.15, 0.2) is 0 Å². The third-order valence-corrected chi connectivity index (χ3v) is 4.25.